The first kappa shape index (κ1) is 13.9. The van der Waals surface area contributed by atoms with Crippen molar-refractivity contribution in [1.82, 2.24) is 5.32 Å². The third kappa shape index (κ3) is 3.98. The summed E-state index contributed by atoms with van der Waals surface area (Å²) in [4.78, 5) is 1.94. The van der Waals surface area contributed by atoms with Gasteiger partial charge in [-0.15, -0.1) is 0 Å². The van der Waals surface area contributed by atoms with Gasteiger partial charge >= 0.3 is 0 Å². The standard InChI is InChI=1S/C13H21FN2O/c1-3-16(7-4-8-17)13-6-5-11(10-15-2)9-12(13)14/h5-6,9,15,17H,3-4,7-8,10H2,1-2H3. The average Bonchev–Trinajstić information content (AvgIpc) is 2.32. The molecule has 4 heteroatoms. The van der Waals surface area contributed by atoms with E-state index < -0.39 is 0 Å². The Morgan fingerprint density at radius 2 is 2.18 bits per heavy atom. The van der Waals surface area contributed by atoms with Crippen LogP contribution in [0.5, 0.6) is 0 Å². The minimum atomic E-state index is -0.197. The Morgan fingerprint density at radius 3 is 2.71 bits per heavy atom. The minimum Gasteiger partial charge on any atom is -0.396 e. The van der Waals surface area contributed by atoms with Crippen LogP contribution in [0.3, 0.4) is 0 Å². The van der Waals surface area contributed by atoms with Crippen molar-refractivity contribution in [3.63, 3.8) is 0 Å². The number of anilines is 1. The van der Waals surface area contributed by atoms with E-state index in [-0.39, 0.29) is 12.4 Å². The highest BCUT2D eigenvalue weighted by Gasteiger charge is 2.10. The maximum atomic E-state index is 13.9. The maximum absolute atomic E-state index is 13.9. The number of rotatable bonds is 7. The van der Waals surface area contributed by atoms with Gasteiger partial charge in [0.25, 0.3) is 0 Å². The van der Waals surface area contributed by atoms with Crippen LogP contribution in [0.2, 0.25) is 0 Å². The summed E-state index contributed by atoms with van der Waals surface area (Å²) in [6.45, 7) is 4.20. The van der Waals surface area contributed by atoms with Gasteiger partial charge in [0.05, 0.1) is 5.69 Å². The van der Waals surface area contributed by atoms with Crippen LogP contribution < -0.4 is 10.2 Å². The van der Waals surface area contributed by atoms with Crippen LogP contribution >= 0.6 is 0 Å². The number of aliphatic hydroxyl groups excluding tert-OH is 1. The molecule has 0 aliphatic carbocycles. The van der Waals surface area contributed by atoms with E-state index in [1.807, 2.05) is 31.0 Å². The molecule has 1 aromatic rings. The van der Waals surface area contributed by atoms with Gasteiger partial charge in [-0.3, -0.25) is 0 Å². The first-order valence-corrected chi connectivity index (χ1v) is 6.01. The summed E-state index contributed by atoms with van der Waals surface area (Å²) in [7, 11) is 1.84. The fourth-order valence-electron chi connectivity index (χ4n) is 1.83. The molecule has 2 N–H and O–H groups in total. The Hall–Kier alpha value is -1.13. The van der Waals surface area contributed by atoms with E-state index >= 15 is 0 Å². The maximum Gasteiger partial charge on any atom is 0.146 e. The molecule has 0 aliphatic heterocycles. The van der Waals surface area contributed by atoms with Crippen molar-refractivity contribution in [2.24, 2.45) is 0 Å². The van der Waals surface area contributed by atoms with Crippen LogP contribution in [-0.2, 0) is 6.54 Å². The van der Waals surface area contributed by atoms with Gasteiger partial charge in [0.2, 0.25) is 0 Å². The van der Waals surface area contributed by atoms with Crippen molar-refractivity contribution >= 4 is 5.69 Å². The lowest BCUT2D eigenvalue weighted by Crippen LogP contribution is -2.25. The van der Waals surface area contributed by atoms with Gasteiger partial charge in [-0.2, -0.15) is 0 Å². The van der Waals surface area contributed by atoms with E-state index in [1.165, 1.54) is 0 Å². The Morgan fingerprint density at radius 1 is 1.41 bits per heavy atom. The van der Waals surface area contributed by atoms with Crippen molar-refractivity contribution in [3.8, 4) is 0 Å². The van der Waals surface area contributed by atoms with E-state index in [2.05, 4.69) is 5.32 Å². The zero-order chi connectivity index (χ0) is 12.7. The highest BCUT2D eigenvalue weighted by Crippen LogP contribution is 2.20. The highest BCUT2D eigenvalue weighted by molar-refractivity contribution is 5.49. The Bertz CT molecular complexity index is 344. The predicted octanol–water partition coefficient (Wildman–Crippen LogP) is 1.75. The topological polar surface area (TPSA) is 35.5 Å². The van der Waals surface area contributed by atoms with Crippen molar-refractivity contribution in [2.45, 2.75) is 19.9 Å². The van der Waals surface area contributed by atoms with Gasteiger partial charge in [-0.1, -0.05) is 6.07 Å². The largest absolute Gasteiger partial charge is 0.396 e. The molecule has 0 amide bonds. The number of hydrogen-bond donors (Lipinski definition) is 2. The molecular weight excluding hydrogens is 219 g/mol. The third-order valence-electron chi connectivity index (χ3n) is 2.70. The summed E-state index contributed by atoms with van der Waals surface area (Å²) in [5, 5.41) is 11.8. The fraction of sp³-hybridized carbons (Fsp3) is 0.538. The quantitative estimate of drug-likeness (QED) is 0.762. The van der Waals surface area contributed by atoms with E-state index in [0.29, 0.717) is 25.2 Å². The molecule has 0 saturated heterocycles. The van der Waals surface area contributed by atoms with E-state index in [0.717, 1.165) is 12.1 Å². The molecule has 0 radical (unpaired) electrons. The number of hydrogen-bond acceptors (Lipinski definition) is 3. The van der Waals surface area contributed by atoms with Gasteiger partial charge in [0.1, 0.15) is 5.82 Å². The number of nitrogens with one attached hydrogen (secondary N) is 1. The summed E-state index contributed by atoms with van der Waals surface area (Å²) < 4.78 is 13.9. The molecule has 0 heterocycles. The second-order valence-electron chi connectivity index (χ2n) is 3.97. The molecule has 0 atom stereocenters. The number of benzene rings is 1. The SMILES string of the molecule is CCN(CCCO)c1ccc(CNC)cc1F. The van der Waals surface area contributed by atoms with Gasteiger partial charge in [0, 0.05) is 26.2 Å². The lowest BCUT2D eigenvalue weighted by atomic mass is 10.1. The minimum absolute atomic E-state index is 0.135. The summed E-state index contributed by atoms with van der Waals surface area (Å²) in [5.74, 6) is -0.197. The monoisotopic (exact) mass is 240 g/mol. The van der Waals surface area contributed by atoms with Gasteiger partial charge in [-0.05, 0) is 38.1 Å². The lowest BCUT2D eigenvalue weighted by Gasteiger charge is -2.23. The lowest BCUT2D eigenvalue weighted by molar-refractivity contribution is 0.289. The zero-order valence-electron chi connectivity index (χ0n) is 10.5. The third-order valence-corrected chi connectivity index (χ3v) is 2.70. The summed E-state index contributed by atoms with van der Waals surface area (Å²) in [6, 6.07) is 5.30. The highest BCUT2D eigenvalue weighted by atomic mass is 19.1. The van der Waals surface area contributed by atoms with Crippen molar-refractivity contribution in [2.75, 3.05) is 31.6 Å². The van der Waals surface area contributed by atoms with Crippen molar-refractivity contribution in [1.29, 1.82) is 0 Å². The fourth-order valence-corrected chi connectivity index (χ4v) is 1.83. The molecule has 0 bridgehead atoms. The number of halogens is 1. The number of nitrogens with zero attached hydrogens (tertiary/aromatic N) is 1. The Balaban J connectivity index is 2.81. The van der Waals surface area contributed by atoms with Crippen LogP contribution in [-0.4, -0.2) is 31.9 Å². The molecule has 17 heavy (non-hydrogen) atoms. The van der Waals surface area contributed by atoms with E-state index in [4.69, 9.17) is 5.11 Å². The van der Waals surface area contributed by atoms with Crippen molar-refractivity contribution in [3.05, 3.63) is 29.6 Å². The van der Waals surface area contributed by atoms with Crippen LogP contribution in [0, 0.1) is 5.82 Å². The molecule has 1 aromatic carbocycles. The molecule has 0 saturated carbocycles. The smallest absolute Gasteiger partial charge is 0.146 e. The summed E-state index contributed by atoms with van der Waals surface area (Å²) >= 11 is 0. The summed E-state index contributed by atoms with van der Waals surface area (Å²) in [6.07, 6.45) is 0.658. The molecule has 3 nitrogen and oxygen atoms in total. The second kappa shape index (κ2) is 7.25. The molecule has 0 aliphatic rings. The zero-order valence-corrected chi connectivity index (χ0v) is 10.5. The normalized spacial score (nSPS) is 10.6. The average molecular weight is 240 g/mol. The Labute approximate surface area is 102 Å². The Kier molecular flexibility index (Phi) is 5.94. The van der Waals surface area contributed by atoms with Crippen LogP contribution in [0.15, 0.2) is 18.2 Å². The predicted molar refractivity (Wildman–Crippen MR) is 68.8 cm³/mol. The molecule has 0 unspecified atom stereocenters. The molecule has 0 aromatic heterocycles. The molecule has 0 spiro atoms. The van der Waals surface area contributed by atoms with E-state index in [1.54, 1.807) is 6.07 Å². The molecule has 0 fully saturated rings. The van der Waals surface area contributed by atoms with Gasteiger partial charge < -0.3 is 15.3 Å². The first-order chi connectivity index (χ1) is 8.22. The summed E-state index contributed by atoms with van der Waals surface area (Å²) in [5.41, 5.74) is 1.55. The molecule has 1 rings (SSSR count). The molecular formula is C13H21FN2O. The first-order valence-electron chi connectivity index (χ1n) is 6.01. The molecule has 96 valence electrons. The van der Waals surface area contributed by atoms with Crippen LogP contribution in [0.1, 0.15) is 18.9 Å². The van der Waals surface area contributed by atoms with Gasteiger partial charge in [0.15, 0.2) is 0 Å². The van der Waals surface area contributed by atoms with Gasteiger partial charge in [-0.25, -0.2) is 4.39 Å². The van der Waals surface area contributed by atoms with E-state index in [9.17, 15) is 4.39 Å². The second-order valence-corrected chi connectivity index (χ2v) is 3.97. The van der Waals surface area contributed by atoms with Crippen LogP contribution in [0.4, 0.5) is 10.1 Å². The number of aliphatic hydroxyl groups is 1. The van der Waals surface area contributed by atoms with Crippen LogP contribution in [0.25, 0.3) is 0 Å². The van der Waals surface area contributed by atoms with Crippen molar-refractivity contribution < 1.29 is 9.50 Å².